The van der Waals surface area contributed by atoms with E-state index in [0.717, 1.165) is 5.56 Å². The number of nitrogens with two attached hydrogens (primary N) is 1. The summed E-state index contributed by atoms with van der Waals surface area (Å²) in [5.74, 6) is -0.0671. The van der Waals surface area contributed by atoms with E-state index in [-0.39, 0.29) is 11.4 Å². The lowest BCUT2D eigenvalue weighted by atomic mass is 10.2. The molecule has 0 fully saturated rings. The normalized spacial score (nSPS) is 11.2. The second-order valence-electron chi connectivity index (χ2n) is 2.55. The Kier molecular flexibility index (Phi) is 2.44. The molecule has 0 aromatic heterocycles. The van der Waals surface area contributed by atoms with Crippen LogP contribution >= 0.6 is 0 Å². The van der Waals surface area contributed by atoms with Gasteiger partial charge in [0, 0.05) is 0 Å². The van der Waals surface area contributed by atoms with Gasteiger partial charge in [-0.15, -0.1) is 0 Å². The van der Waals surface area contributed by atoms with E-state index >= 15 is 0 Å². The minimum Gasteiger partial charge on any atom is -0.396 e. The number of hydrogen-bond acceptors (Lipinski definition) is 4. The zero-order chi connectivity index (χ0) is 10.1. The Labute approximate surface area is 76.1 Å². The Balaban J connectivity index is 3.08. The molecule has 0 atom stereocenters. The smallest absolute Gasteiger partial charge is 0.396 e. The van der Waals surface area contributed by atoms with Crippen molar-refractivity contribution in [3.05, 3.63) is 23.8 Å². The summed E-state index contributed by atoms with van der Waals surface area (Å²) in [4.78, 5) is 0. The molecule has 72 valence electrons. The molecule has 0 saturated heterocycles. The monoisotopic (exact) mass is 203 g/mol. The summed E-state index contributed by atoms with van der Waals surface area (Å²) >= 11 is 0. The van der Waals surface area contributed by atoms with Crippen molar-refractivity contribution >= 4 is 16.1 Å². The lowest BCUT2D eigenvalue weighted by Gasteiger charge is -2.05. The van der Waals surface area contributed by atoms with Crippen molar-refractivity contribution in [3.8, 4) is 5.75 Å². The number of hydrogen-bond donors (Lipinski definition) is 2. The molecule has 1 rings (SSSR count). The second-order valence-corrected chi connectivity index (χ2v) is 3.57. The van der Waals surface area contributed by atoms with E-state index in [2.05, 4.69) is 4.18 Å². The SMILES string of the molecule is Cc1ccc(N)c(OS(=O)(=O)O)c1. The van der Waals surface area contributed by atoms with Crippen LogP contribution in [-0.2, 0) is 10.4 Å². The highest BCUT2D eigenvalue weighted by atomic mass is 32.3. The van der Waals surface area contributed by atoms with Gasteiger partial charge in [-0.25, -0.2) is 0 Å². The largest absolute Gasteiger partial charge is 0.446 e. The quantitative estimate of drug-likeness (QED) is 0.547. The maximum atomic E-state index is 10.3. The molecule has 0 spiro atoms. The molecular formula is C7H9NO4S. The lowest BCUT2D eigenvalue weighted by molar-refractivity contribution is 0.387. The fourth-order valence-electron chi connectivity index (χ4n) is 0.827. The lowest BCUT2D eigenvalue weighted by Crippen LogP contribution is -2.08. The van der Waals surface area contributed by atoms with Crippen LogP contribution in [0.15, 0.2) is 18.2 Å². The van der Waals surface area contributed by atoms with Gasteiger partial charge in [0.15, 0.2) is 5.75 Å². The molecule has 3 N–H and O–H groups in total. The van der Waals surface area contributed by atoms with Crippen LogP contribution in [0.1, 0.15) is 5.56 Å². The first-order chi connectivity index (χ1) is 5.88. The van der Waals surface area contributed by atoms with E-state index in [4.69, 9.17) is 10.3 Å². The van der Waals surface area contributed by atoms with Gasteiger partial charge in [-0.2, -0.15) is 8.42 Å². The molecule has 0 radical (unpaired) electrons. The van der Waals surface area contributed by atoms with Gasteiger partial charge in [0.05, 0.1) is 5.69 Å². The minimum atomic E-state index is -4.50. The van der Waals surface area contributed by atoms with E-state index in [1.807, 2.05) is 0 Å². The van der Waals surface area contributed by atoms with Gasteiger partial charge in [0.2, 0.25) is 0 Å². The van der Waals surface area contributed by atoms with Crippen LogP contribution in [0.3, 0.4) is 0 Å². The average Bonchev–Trinajstić information content (AvgIpc) is 1.94. The van der Waals surface area contributed by atoms with E-state index in [0.29, 0.717) is 0 Å². The van der Waals surface area contributed by atoms with Crippen molar-refractivity contribution < 1.29 is 17.2 Å². The molecule has 0 aliphatic carbocycles. The standard InChI is InChI=1S/C7H9NO4S/c1-5-2-3-6(8)7(4-5)12-13(9,10)11/h2-4H,8H2,1H3,(H,9,10,11). The zero-order valence-electron chi connectivity index (χ0n) is 6.89. The molecule has 0 aliphatic heterocycles. The topological polar surface area (TPSA) is 89.6 Å². The summed E-state index contributed by atoms with van der Waals surface area (Å²) < 4.78 is 33.3. The molecule has 1 aromatic rings. The van der Waals surface area contributed by atoms with E-state index in [1.54, 1.807) is 13.0 Å². The third-order valence-electron chi connectivity index (χ3n) is 1.36. The second kappa shape index (κ2) is 3.23. The Morgan fingerprint density at radius 2 is 2.08 bits per heavy atom. The van der Waals surface area contributed by atoms with Crippen molar-refractivity contribution in [2.45, 2.75) is 6.92 Å². The first kappa shape index (κ1) is 9.82. The number of anilines is 1. The number of nitrogen functional groups attached to an aromatic ring is 1. The van der Waals surface area contributed by atoms with Crippen molar-refractivity contribution in [1.29, 1.82) is 0 Å². The molecule has 0 saturated carbocycles. The molecule has 13 heavy (non-hydrogen) atoms. The molecule has 6 heteroatoms. The summed E-state index contributed by atoms with van der Waals surface area (Å²) in [6.07, 6.45) is 0. The predicted octanol–water partition coefficient (Wildman–Crippen LogP) is 0.759. The summed E-state index contributed by atoms with van der Waals surface area (Å²) in [6.45, 7) is 1.75. The van der Waals surface area contributed by atoms with Gasteiger partial charge in [-0.05, 0) is 24.6 Å². The van der Waals surface area contributed by atoms with E-state index in [1.165, 1.54) is 12.1 Å². The average molecular weight is 203 g/mol. The maximum Gasteiger partial charge on any atom is 0.446 e. The van der Waals surface area contributed by atoms with Gasteiger partial charge >= 0.3 is 10.4 Å². The Hall–Kier alpha value is -1.27. The summed E-state index contributed by atoms with van der Waals surface area (Å²) in [6, 6.07) is 4.62. The number of benzene rings is 1. The number of aryl methyl sites for hydroxylation is 1. The van der Waals surface area contributed by atoms with Crippen LogP contribution < -0.4 is 9.92 Å². The summed E-state index contributed by atoms with van der Waals surface area (Å²) in [5, 5.41) is 0. The van der Waals surface area contributed by atoms with E-state index < -0.39 is 10.4 Å². The highest BCUT2D eigenvalue weighted by Gasteiger charge is 2.09. The molecule has 0 amide bonds. The zero-order valence-corrected chi connectivity index (χ0v) is 7.71. The van der Waals surface area contributed by atoms with Crippen molar-refractivity contribution in [1.82, 2.24) is 0 Å². The number of rotatable bonds is 2. The van der Waals surface area contributed by atoms with E-state index in [9.17, 15) is 8.42 Å². The Morgan fingerprint density at radius 1 is 1.46 bits per heavy atom. The van der Waals surface area contributed by atoms with Crippen LogP contribution in [0.4, 0.5) is 5.69 Å². The Bertz CT molecular complexity index is 413. The Morgan fingerprint density at radius 3 is 2.62 bits per heavy atom. The predicted molar refractivity (Wildman–Crippen MR) is 47.8 cm³/mol. The summed E-state index contributed by atoms with van der Waals surface area (Å²) in [7, 11) is -4.50. The first-order valence-electron chi connectivity index (χ1n) is 3.41. The van der Waals surface area contributed by atoms with Crippen molar-refractivity contribution in [2.24, 2.45) is 0 Å². The van der Waals surface area contributed by atoms with Gasteiger partial charge in [-0.1, -0.05) is 6.07 Å². The van der Waals surface area contributed by atoms with Crippen LogP contribution in [0.2, 0.25) is 0 Å². The molecule has 0 unspecified atom stereocenters. The maximum absolute atomic E-state index is 10.3. The fourth-order valence-corrected chi connectivity index (χ4v) is 1.20. The minimum absolute atomic E-state index is 0.0671. The molecule has 0 aliphatic rings. The highest BCUT2D eigenvalue weighted by molar-refractivity contribution is 7.81. The van der Waals surface area contributed by atoms with Crippen molar-refractivity contribution in [3.63, 3.8) is 0 Å². The first-order valence-corrected chi connectivity index (χ1v) is 4.78. The van der Waals surface area contributed by atoms with Crippen LogP contribution in [-0.4, -0.2) is 13.0 Å². The summed E-state index contributed by atoms with van der Waals surface area (Å²) in [5.41, 5.74) is 6.34. The molecular weight excluding hydrogens is 194 g/mol. The third kappa shape index (κ3) is 2.92. The molecule has 0 bridgehead atoms. The highest BCUT2D eigenvalue weighted by Crippen LogP contribution is 2.23. The molecule has 1 aromatic carbocycles. The van der Waals surface area contributed by atoms with Crippen molar-refractivity contribution in [2.75, 3.05) is 5.73 Å². The van der Waals surface area contributed by atoms with Gasteiger partial charge in [0.25, 0.3) is 0 Å². The van der Waals surface area contributed by atoms with Gasteiger partial charge in [-0.3, -0.25) is 4.55 Å². The third-order valence-corrected chi connectivity index (χ3v) is 1.75. The van der Waals surface area contributed by atoms with Gasteiger partial charge in [0.1, 0.15) is 0 Å². The molecule has 0 heterocycles. The van der Waals surface area contributed by atoms with Crippen LogP contribution in [0, 0.1) is 6.92 Å². The van der Waals surface area contributed by atoms with Gasteiger partial charge < -0.3 is 9.92 Å². The van der Waals surface area contributed by atoms with Crippen LogP contribution in [0.25, 0.3) is 0 Å². The fraction of sp³-hybridized carbons (Fsp3) is 0.143. The molecule has 5 nitrogen and oxygen atoms in total. The van der Waals surface area contributed by atoms with Crippen LogP contribution in [0.5, 0.6) is 5.75 Å².